The summed E-state index contributed by atoms with van der Waals surface area (Å²) in [7, 11) is 0. The number of hydrogen-bond donors (Lipinski definition) is 1. The Morgan fingerprint density at radius 3 is 0.761 bits per heavy atom. The first-order valence-electron chi connectivity index (χ1n) is 62.8. The second-order valence-corrected chi connectivity index (χ2v) is 64.4. The van der Waals surface area contributed by atoms with Gasteiger partial charge in [0.1, 0.15) is 0 Å². The van der Waals surface area contributed by atoms with Crippen molar-refractivity contribution >= 4 is 0 Å². The number of nitrogens with one attached hydrogen (secondary N) is 1. The van der Waals surface area contributed by atoms with Crippen LogP contribution in [0.5, 0.6) is 0 Å². The van der Waals surface area contributed by atoms with Gasteiger partial charge in [-0.3, -0.25) is 0 Å². The number of nitrogens with zero attached hydrogens (tertiary/aromatic N) is 1. The normalized spacial score (nSPS) is 30.3. The zero-order valence-electron chi connectivity index (χ0n) is 103. The van der Waals surface area contributed by atoms with Gasteiger partial charge in [0.05, 0.1) is 0 Å². The number of hydrogen-bond acceptors (Lipinski definition) is 3. The Labute approximate surface area is 873 Å². The zero-order chi connectivity index (χ0) is 104. The van der Waals surface area contributed by atoms with Crippen molar-refractivity contribution in [2.24, 2.45) is 188 Å². The minimum Gasteiger partial charge on any atom is -0.381 e. The lowest BCUT2D eigenvalue weighted by Crippen LogP contribution is -2.53. The monoisotopic (exact) mass is 1930 g/mol. The molecule has 14 aliphatic carbocycles. The Bertz CT molecular complexity index is 2920. The molecular weight excluding hydrogens is 1670 g/mol. The Balaban J connectivity index is 0.000000262. The molecule has 3 heteroatoms. The standard InChI is InChI=1S/C11H21N.2C11H20.C11H22.2C10H20.C9H17N.C9H18O.C9H16.2C9H18.3C8H16.C2H6/c1-10(2,3)11-4-7-12(8-5-11)9-6-11;1-10(2,3)9-7-11(8-9)5-4-6-11;1-8(2)11-6-9-4-3-5-10(9)7-11;1-11(2,3)10-8-6-4-5-7-9-10;2*1-10(2,3)9-7-5-4-6-8-9;1-6(2)8-5-7-3-4-9(8)10-7;1-9(2,3)8-5-4-6-10-7-8;1-6(2)9-7-4-3-5-8(7)9;2*1-9(2,3)8-6-4-5-7-8;1-7(2,3)8(4)5-6-8;2*1-8(2,3)7-5-4-6-7;1-2/h4-9H2,1-3H3;9H,4-8H2,1-3H3;8-11H,3-7H2,1-2H3;10H,4-9H2,1-3H3;2*9H,4-8H2,1-3H3;6-10H,3-5H2,1-2H3;8H,4-7H2,1-3H3;6-9H,3-5H2,1-2H3;2*8H,4-7H2,1-3H3;5-6H2,1-4H3;2*7H,4-6H2,1-3H3;1-2H3. The van der Waals surface area contributed by atoms with E-state index in [-0.39, 0.29) is 0 Å². The Hall–Kier alpha value is -0.120. The maximum Gasteiger partial charge on any atom is 0.0499 e. The van der Waals surface area contributed by atoms with Crippen molar-refractivity contribution in [3.8, 4) is 0 Å². The van der Waals surface area contributed by atoms with Crippen molar-refractivity contribution in [2.45, 2.75) is 643 Å². The predicted octanol–water partition coefficient (Wildman–Crippen LogP) is 43.7. The number of piperidine rings is 3. The molecule has 138 heavy (non-hydrogen) atoms. The molecule has 20 fully saturated rings. The highest BCUT2D eigenvalue weighted by Crippen LogP contribution is 2.64. The van der Waals surface area contributed by atoms with Gasteiger partial charge in [-0.15, -0.1) is 0 Å². The third kappa shape index (κ3) is 44.8. The van der Waals surface area contributed by atoms with E-state index in [9.17, 15) is 0 Å². The molecule has 0 amide bonds. The molecule has 0 aromatic carbocycles. The molecule has 0 aromatic heterocycles. The maximum absolute atomic E-state index is 5.41. The Morgan fingerprint density at radius 2 is 0.572 bits per heavy atom. The van der Waals surface area contributed by atoms with Crippen molar-refractivity contribution in [1.82, 2.24) is 10.2 Å². The van der Waals surface area contributed by atoms with E-state index in [4.69, 9.17) is 4.74 Å². The second kappa shape index (κ2) is 57.4. The number of rotatable bonds is 3. The minimum atomic E-state index is 0.445. The maximum atomic E-state index is 5.41. The third-order valence-corrected chi connectivity index (χ3v) is 42.5. The molecule has 0 radical (unpaired) electrons. The Morgan fingerprint density at radius 1 is 0.275 bits per heavy atom. The summed E-state index contributed by atoms with van der Waals surface area (Å²) in [5, 5.41) is 3.66. The second-order valence-electron chi connectivity index (χ2n) is 64.4. The zero-order valence-corrected chi connectivity index (χ0v) is 103. The summed E-state index contributed by atoms with van der Waals surface area (Å²) in [5.74, 6) is 19.5. The van der Waals surface area contributed by atoms with Gasteiger partial charge in [-0.25, -0.2) is 0 Å². The molecular formula is C135H264N2O. The fourth-order valence-electron chi connectivity index (χ4n) is 28.8. The molecule has 14 saturated carbocycles. The van der Waals surface area contributed by atoms with E-state index in [0.29, 0.717) is 70.4 Å². The highest BCUT2D eigenvalue weighted by Gasteiger charge is 2.55. The van der Waals surface area contributed by atoms with Gasteiger partial charge in [0.2, 0.25) is 0 Å². The lowest BCUT2D eigenvalue weighted by molar-refractivity contribution is -0.0700. The van der Waals surface area contributed by atoms with Gasteiger partial charge < -0.3 is 15.0 Å². The lowest BCUT2D eigenvalue weighted by Gasteiger charge is -2.58. The van der Waals surface area contributed by atoms with Crippen LogP contribution in [-0.2, 0) is 4.74 Å². The van der Waals surface area contributed by atoms with Crippen LogP contribution in [-0.4, -0.2) is 49.8 Å². The number of fused-ring (bicyclic) bond motifs is 7. The summed E-state index contributed by atoms with van der Waals surface area (Å²) < 4.78 is 5.41. The van der Waals surface area contributed by atoms with Crippen LogP contribution in [0.4, 0.5) is 0 Å². The van der Waals surface area contributed by atoms with Crippen molar-refractivity contribution in [1.29, 1.82) is 0 Å². The van der Waals surface area contributed by atoms with Gasteiger partial charge >= 0.3 is 0 Å². The molecule has 20 rings (SSSR count). The largest absolute Gasteiger partial charge is 0.381 e. The quantitative estimate of drug-likeness (QED) is 0.285. The highest BCUT2D eigenvalue weighted by atomic mass is 16.5. The molecule has 3 nitrogen and oxygen atoms in total. The van der Waals surface area contributed by atoms with E-state index in [2.05, 4.69) is 287 Å². The van der Waals surface area contributed by atoms with Gasteiger partial charge in [0.25, 0.3) is 0 Å². The van der Waals surface area contributed by atoms with Crippen LogP contribution in [0.3, 0.4) is 0 Å². The van der Waals surface area contributed by atoms with E-state index < -0.39 is 0 Å². The smallest absolute Gasteiger partial charge is 0.0499 e. The molecule has 6 aliphatic heterocycles. The van der Waals surface area contributed by atoms with Gasteiger partial charge in [0, 0.05) is 25.3 Å². The summed E-state index contributed by atoms with van der Waals surface area (Å²) in [6.07, 6.45) is 78.4. The van der Waals surface area contributed by atoms with Crippen LogP contribution in [0, 0.1) is 188 Å². The molecule has 8 unspecified atom stereocenters. The molecule has 820 valence electrons. The molecule has 6 saturated heterocycles. The summed E-state index contributed by atoms with van der Waals surface area (Å²) in [5.41, 5.74) is 8.40. The van der Waals surface area contributed by atoms with Crippen molar-refractivity contribution in [2.75, 3.05) is 32.8 Å². The first-order valence-corrected chi connectivity index (χ1v) is 62.8. The molecule has 20 aliphatic rings. The van der Waals surface area contributed by atoms with E-state index in [1.54, 1.807) is 51.4 Å². The Kier molecular flexibility index (Phi) is 53.4. The topological polar surface area (TPSA) is 24.5 Å². The molecule has 1 N–H and O–H groups in total. The predicted molar refractivity (Wildman–Crippen MR) is 621 cm³/mol. The van der Waals surface area contributed by atoms with Gasteiger partial charge in [0.15, 0.2) is 0 Å². The summed E-state index contributed by atoms with van der Waals surface area (Å²) in [6, 6.07) is 1.77. The van der Waals surface area contributed by atoms with Crippen molar-refractivity contribution < 1.29 is 4.74 Å². The molecule has 1 spiro atoms. The van der Waals surface area contributed by atoms with E-state index >= 15 is 0 Å². The van der Waals surface area contributed by atoms with Crippen molar-refractivity contribution in [3.63, 3.8) is 0 Å². The molecule has 8 atom stereocenters. The molecule has 4 bridgehead atoms. The average molecular weight is 1930 g/mol. The van der Waals surface area contributed by atoms with Crippen LogP contribution in [0.15, 0.2) is 0 Å². The van der Waals surface area contributed by atoms with Crippen LogP contribution < -0.4 is 5.32 Å². The summed E-state index contributed by atoms with van der Waals surface area (Å²) in [6.45, 7) is 105. The van der Waals surface area contributed by atoms with E-state index in [0.717, 1.165) is 131 Å². The van der Waals surface area contributed by atoms with Crippen LogP contribution >= 0.6 is 0 Å². The molecule has 6 heterocycles. The van der Waals surface area contributed by atoms with E-state index in [1.165, 1.54) is 320 Å². The fourth-order valence-corrected chi connectivity index (χ4v) is 28.8. The summed E-state index contributed by atoms with van der Waals surface area (Å²) in [4.78, 5) is 2.62. The van der Waals surface area contributed by atoms with Gasteiger partial charge in [-0.1, -0.05) is 426 Å². The van der Waals surface area contributed by atoms with E-state index in [1.807, 2.05) is 13.8 Å². The minimum absolute atomic E-state index is 0.445. The first kappa shape index (κ1) is 128. The lowest BCUT2D eigenvalue weighted by atomic mass is 9.47. The summed E-state index contributed by atoms with van der Waals surface area (Å²) >= 11 is 0. The SMILES string of the molecule is CC.CC(C)(C)C1(C)CC1.CC(C)(C)C12CCN(CC1)CC2.CC(C)(C)C1CC2(CCC2)C1.CC(C)(C)C1CCC1.CC(C)(C)C1CCC1.CC(C)(C)C1CCCC1.CC(C)(C)C1CCCC1.CC(C)(C)C1CCCCC1.CC(C)(C)C1CCCCC1.CC(C)(C)C1CCCCCC1.CC(C)(C)C1CCCOC1.CC(C)C1C2CCCC21.CC(C)C1CC2CCC1N2.CC(C)C1CC2CCCC2C1. The first-order chi connectivity index (χ1) is 63.7. The van der Waals surface area contributed by atoms with Gasteiger partial charge in [-0.2, -0.15) is 0 Å². The van der Waals surface area contributed by atoms with Crippen LogP contribution in [0.25, 0.3) is 0 Å². The highest BCUT2D eigenvalue weighted by molar-refractivity contribution is 5.05. The van der Waals surface area contributed by atoms with Crippen LogP contribution in [0.1, 0.15) is 631 Å². The van der Waals surface area contributed by atoms with Crippen LogP contribution in [0.2, 0.25) is 0 Å². The fraction of sp³-hybridized carbons (Fsp3) is 1.00. The number of ether oxygens (including phenoxy) is 1. The third-order valence-electron chi connectivity index (χ3n) is 42.5. The van der Waals surface area contributed by atoms with Crippen molar-refractivity contribution in [3.05, 3.63) is 0 Å². The molecule has 0 aromatic rings. The average Bonchev–Trinajstić information content (AvgIpc) is 1.34. The van der Waals surface area contributed by atoms with Gasteiger partial charge in [-0.05, 0) is 413 Å².